The lowest BCUT2D eigenvalue weighted by Gasteiger charge is -2.14. The molecule has 0 N–H and O–H groups in total. The molecule has 2 aromatic heterocycles. The van der Waals surface area contributed by atoms with E-state index in [1.54, 1.807) is 7.11 Å². The molecule has 1 aromatic carbocycles. The topological polar surface area (TPSA) is 90.3 Å². The summed E-state index contributed by atoms with van der Waals surface area (Å²) in [5.41, 5.74) is 2.62. The van der Waals surface area contributed by atoms with Crippen LogP contribution in [0.3, 0.4) is 0 Å². The average Bonchev–Trinajstić information content (AvgIpc) is 3.08. The molecule has 2 heterocycles. The first-order valence-corrected chi connectivity index (χ1v) is 6.45. The molecular formula is C13H15N5O3. The van der Waals surface area contributed by atoms with Crippen LogP contribution in [0.1, 0.15) is 17.3 Å². The van der Waals surface area contributed by atoms with Crippen LogP contribution in [-0.4, -0.2) is 39.5 Å². The molecule has 0 bridgehead atoms. The lowest BCUT2D eigenvalue weighted by molar-refractivity contribution is 0.151. The van der Waals surface area contributed by atoms with Crippen molar-refractivity contribution in [2.75, 3.05) is 14.2 Å². The first-order chi connectivity index (χ1) is 10.2. The molecule has 0 aliphatic heterocycles. The van der Waals surface area contributed by atoms with Gasteiger partial charge in [0.1, 0.15) is 17.6 Å². The third-order valence-electron chi connectivity index (χ3n) is 2.96. The Morgan fingerprint density at radius 2 is 2.00 bits per heavy atom. The Balaban J connectivity index is 1.63. The average molecular weight is 289 g/mol. The maximum atomic E-state index is 5.06. The van der Waals surface area contributed by atoms with Gasteiger partial charge in [0.15, 0.2) is 5.82 Å². The zero-order valence-electron chi connectivity index (χ0n) is 11.8. The number of hydrogen-bond donors (Lipinski definition) is 0. The van der Waals surface area contributed by atoms with E-state index in [4.69, 9.17) is 9.26 Å². The lowest BCUT2D eigenvalue weighted by atomic mass is 10.2. The summed E-state index contributed by atoms with van der Waals surface area (Å²) < 4.78 is 14.7. The van der Waals surface area contributed by atoms with E-state index in [-0.39, 0.29) is 0 Å². The quantitative estimate of drug-likeness (QED) is 0.672. The van der Waals surface area contributed by atoms with Gasteiger partial charge in [-0.15, -0.1) is 0 Å². The van der Waals surface area contributed by atoms with Gasteiger partial charge in [-0.1, -0.05) is 11.2 Å². The van der Waals surface area contributed by atoms with Gasteiger partial charge >= 0.3 is 0 Å². The summed E-state index contributed by atoms with van der Waals surface area (Å²) >= 11 is 0. The van der Waals surface area contributed by atoms with Gasteiger partial charge in [0, 0.05) is 13.7 Å². The van der Waals surface area contributed by atoms with Gasteiger partial charge in [-0.2, -0.15) is 4.98 Å². The highest BCUT2D eigenvalue weighted by atomic mass is 16.6. The first kappa shape index (κ1) is 13.7. The van der Waals surface area contributed by atoms with Crippen LogP contribution >= 0.6 is 0 Å². The van der Waals surface area contributed by atoms with Gasteiger partial charge in [0.05, 0.1) is 6.54 Å². The molecule has 0 saturated carbocycles. The van der Waals surface area contributed by atoms with E-state index < -0.39 is 0 Å². The summed E-state index contributed by atoms with van der Waals surface area (Å²) in [6.07, 6.45) is 0. The summed E-state index contributed by atoms with van der Waals surface area (Å²) in [4.78, 5) is 6.32. The third-order valence-corrected chi connectivity index (χ3v) is 2.96. The molecule has 110 valence electrons. The van der Waals surface area contributed by atoms with Crippen molar-refractivity contribution in [3.8, 4) is 0 Å². The Bertz CT molecular complexity index is 723. The van der Waals surface area contributed by atoms with Crippen molar-refractivity contribution in [3.63, 3.8) is 0 Å². The van der Waals surface area contributed by atoms with Crippen LogP contribution in [0.4, 0.5) is 0 Å². The van der Waals surface area contributed by atoms with Crippen molar-refractivity contribution in [2.45, 2.75) is 19.7 Å². The number of ether oxygens (including phenoxy) is 1. The van der Waals surface area contributed by atoms with Crippen LogP contribution in [0.5, 0.6) is 0 Å². The molecule has 0 radical (unpaired) electrons. The Morgan fingerprint density at radius 1 is 1.14 bits per heavy atom. The number of fused-ring (bicyclic) bond motifs is 1. The second kappa shape index (κ2) is 5.98. The number of rotatable bonds is 6. The Labute approximate surface area is 120 Å². The summed E-state index contributed by atoms with van der Waals surface area (Å²) in [6, 6.07) is 5.84. The summed E-state index contributed by atoms with van der Waals surface area (Å²) in [7, 11) is 3.57. The lowest BCUT2D eigenvalue weighted by Crippen LogP contribution is -2.18. The van der Waals surface area contributed by atoms with Gasteiger partial charge in [-0.3, -0.25) is 4.90 Å². The Kier molecular flexibility index (Phi) is 3.89. The highest BCUT2D eigenvalue weighted by Crippen LogP contribution is 2.13. The smallest absolute Gasteiger partial charge is 0.252 e. The Morgan fingerprint density at radius 3 is 2.86 bits per heavy atom. The van der Waals surface area contributed by atoms with E-state index in [1.807, 2.05) is 25.2 Å². The minimum absolute atomic E-state index is 0.326. The predicted molar refractivity (Wildman–Crippen MR) is 72.0 cm³/mol. The predicted octanol–water partition coefficient (Wildman–Crippen LogP) is 1.38. The number of benzene rings is 1. The number of hydrogen-bond acceptors (Lipinski definition) is 8. The monoisotopic (exact) mass is 289 g/mol. The van der Waals surface area contributed by atoms with Crippen LogP contribution in [-0.2, 0) is 24.4 Å². The number of aromatic nitrogens is 4. The minimum atomic E-state index is 0.326. The van der Waals surface area contributed by atoms with Gasteiger partial charge in [0.2, 0.25) is 0 Å². The molecule has 3 rings (SSSR count). The summed E-state index contributed by atoms with van der Waals surface area (Å²) in [5.74, 6) is 1.12. The van der Waals surface area contributed by atoms with Gasteiger partial charge in [-0.25, -0.2) is 4.63 Å². The SMILES string of the molecule is COCc1nc(CN(C)Cc2ccc3nonc3c2)no1. The molecule has 0 amide bonds. The maximum Gasteiger partial charge on any atom is 0.252 e. The molecular weight excluding hydrogens is 274 g/mol. The summed E-state index contributed by atoms with van der Waals surface area (Å²) in [5, 5.41) is 11.5. The zero-order valence-corrected chi connectivity index (χ0v) is 11.8. The van der Waals surface area contributed by atoms with Crippen LogP contribution in [0, 0.1) is 0 Å². The van der Waals surface area contributed by atoms with E-state index >= 15 is 0 Å². The fourth-order valence-electron chi connectivity index (χ4n) is 2.07. The molecule has 8 heteroatoms. The number of methoxy groups -OCH3 is 1. The van der Waals surface area contributed by atoms with Crippen molar-refractivity contribution >= 4 is 11.0 Å². The van der Waals surface area contributed by atoms with E-state index in [2.05, 4.69) is 30.0 Å². The number of nitrogens with zero attached hydrogens (tertiary/aromatic N) is 5. The van der Waals surface area contributed by atoms with E-state index in [0.717, 1.165) is 23.1 Å². The standard InChI is InChI=1S/C13H15N5O3/c1-18(7-12-14-13(8-19-2)20-17-12)6-9-3-4-10-11(5-9)16-21-15-10/h3-5H,6-8H2,1-2H3. The molecule has 0 atom stereocenters. The third kappa shape index (κ3) is 3.23. The van der Waals surface area contributed by atoms with Crippen LogP contribution in [0.2, 0.25) is 0 Å². The largest absolute Gasteiger partial charge is 0.375 e. The highest BCUT2D eigenvalue weighted by Gasteiger charge is 2.10. The molecule has 0 spiro atoms. The minimum Gasteiger partial charge on any atom is -0.375 e. The zero-order chi connectivity index (χ0) is 14.7. The summed E-state index contributed by atoms with van der Waals surface area (Å²) in [6.45, 7) is 1.64. The van der Waals surface area contributed by atoms with Crippen LogP contribution in [0.15, 0.2) is 27.4 Å². The maximum absolute atomic E-state index is 5.06. The van der Waals surface area contributed by atoms with Gasteiger partial charge in [0.25, 0.3) is 5.89 Å². The van der Waals surface area contributed by atoms with Crippen molar-refractivity contribution in [2.24, 2.45) is 0 Å². The molecule has 0 unspecified atom stereocenters. The molecule has 21 heavy (non-hydrogen) atoms. The fourth-order valence-corrected chi connectivity index (χ4v) is 2.07. The van der Waals surface area contributed by atoms with E-state index in [0.29, 0.717) is 24.9 Å². The molecule has 0 saturated heterocycles. The van der Waals surface area contributed by atoms with Gasteiger partial charge < -0.3 is 9.26 Å². The van der Waals surface area contributed by atoms with Crippen molar-refractivity contribution in [1.29, 1.82) is 0 Å². The van der Waals surface area contributed by atoms with Crippen molar-refractivity contribution < 1.29 is 13.9 Å². The molecule has 3 aromatic rings. The highest BCUT2D eigenvalue weighted by molar-refractivity contribution is 5.73. The molecule has 0 fully saturated rings. The molecule has 0 aliphatic rings. The normalized spacial score (nSPS) is 11.6. The van der Waals surface area contributed by atoms with Gasteiger partial charge in [-0.05, 0) is 35.1 Å². The van der Waals surface area contributed by atoms with Crippen molar-refractivity contribution in [1.82, 2.24) is 25.4 Å². The van der Waals surface area contributed by atoms with Crippen LogP contribution in [0.25, 0.3) is 11.0 Å². The molecule has 0 aliphatic carbocycles. The van der Waals surface area contributed by atoms with E-state index in [9.17, 15) is 0 Å². The fraction of sp³-hybridized carbons (Fsp3) is 0.385. The van der Waals surface area contributed by atoms with E-state index in [1.165, 1.54) is 0 Å². The second-order valence-electron chi connectivity index (χ2n) is 4.80. The van der Waals surface area contributed by atoms with Crippen molar-refractivity contribution in [3.05, 3.63) is 35.5 Å². The molecule has 8 nitrogen and oxygen atoms in total. The Hall–Kier alpha value is -2.32. The first-order valence-electron chi connectivity index (χ1n) is 6.45. The van der Waals surface area contributed by atoms with Crippen LogP contribution < -0.4 is 0 Å². The second-order valence-corrected chi connectivity index (χ2v) is 4.80.